The van der Waals surface area contributed by atoms with Gasteiger partial charge in [-0.1, -0.05) is 19.3 Å². The van der Waals surface area contributed by atoms with Crippen LogP contribution in [0.15, 0.2) is 18.2 Å². The van der Waals surface area contributed by atoms with Gasteiger partial charge in [-0.3, -0.25) is 4.79 Å². The number of nitrogens with two attached hydrogens (primary N) is 1. The maximum absolute atomic E-state index is 13.7. The lowest BCUT2D eigenvalue weighted by molar-refractivity contribution is 0.0637. The summed E-state index contributed by atoms with van der Waals surface area (Å²) in [6.07, 6.45) is 5.17. The van der Waals surface area contributed by atoms with Gasteiger partial charge in [-0.25, -0.2) is 8.78 Å². The van der Waals surface area contributed by atoms with Crippen LogP contribution in [-0.2, 0) is 0 Å². The van der Waals surface area contributed by atoms with Gasteiger partial charge >= 0.3 is 0 Å². The van der Waals surface area contributed by atoms with Crippen LogP contribution in [0.5, 0.6) is 0 Å². The molecule has 20 heavy (non-hydrogen) atoms. The zero-order valence-corrected chi connectivity index (χ0v) is 11.4. The van der Waals surface area contributed by atoms with Crippen LogP contribution in [0.1, 0.15) is 42.5 Å². The lowest BCUT2D eigenvalue weighted by atomic mass is 9.93. The van der Waals surface area contributed by atoms with Crippen LogP contribution in [0.2, 0.25) is 0 Å². The zero-order valence-electron chi connectivity index (χ0n) is 11.4. The molecule has 0 bridgehead atoms. The van der Waals surface area contributed by atoms with E-state index < -0.39 is 11.6 Å². The Hall–Kier alpha value is -1.49. The Morgan fingerprint density at radius 3 is 2.55 bits per heavy atom. The van der Waals surface area contributed by atoms with Gasteiger partial charge in [0.15, 0.2) is 0 Å². The minimum absolute atomic E-state index is 0.0783. The topological polar surface area (TPSA) is 46.3 Å². The van der Waals surface area contributed by atoms with Gasteiger partial charge in [-0.2, -0.15) is 0 Å². The first-order valence-corrected chi connectivity index (χ1v) is 7.09. The van der Waals surface area contributed by atoms with Gasteiger partial charge in [0, 0.05) is 25.2 Å². The van der Waals surface area contributed by atoms with Crippen molar-refractivity contribution in [2.75, 3.05) is 13.1 Å². The number of carbonyl (C=O) groups is 1. The van der Waals surface area contributed by atoms with Crippen LogP contribution >= 0.6 is 0 Å². The van der Waals surface area contributed by atoms with Gasteiger partial charge in [0.05, 0.1) is 5.56 Å². The summed E-state index contributed by atoms with van der Waals surface area (Å²) in [5, 5.41) is 0. The monoisotopic (exact) mass is 282 g/mol. The van der Waals surface area contributed by atoms with Gasteiger partial charge in [-0.15, -0.1) is 0 Å². The number of hydrogen-bond acceptors (Lipinski definition) is 2. The minimum atomic E-state index is -0.812. The molecular weight excluding hydrogens is 262 g/mol. The number of hydrogen-bond donors (Lipinski definition) is 1. The molecule has 110 valence electrons. The molecule has 1 fully saturated rings. The van der Waals surface area contributed by atoms with Crippen molar-refractivity contribution in [1.82, 2.24) is 4.90 Å². The van der Waals surface area contributed by atoms with Crippen molar-refractivity contribution in [3.8, 4) is 0 Å². The summed E-state index contributed by atoms with van der Waals surface area (Å²) in [4.78, 5) is 14.1. The highest BCUT2D eigenvalue weighted by atomic mass is 19.1. The van der Waals surface area contributed by atoms with Crippen LogP contribution in [-0.4, -0.2) is 29.9 Å². The van der Waals surface area contributed by atoms with Gasteiger partial charge in [0.25, 0.3) is 5.91 Å². The first-order chi connectivity index (χ1) is 9.63. The van der Waals surface area contributed by atoms with Crippen LogP contribution < -0.4 is 5.73 Å². The van der Waals surface area contributed by atoms with Crippen molar-refractivity contribution < 1.29 is 13.6 Å². The highest BCUT2D eigenvalue weighted by Crippen LogP contribution is 2.24. The maximum atomic E-state index is 13.7. The van der Waals surface area contributed by atoms with E-state index in [1.54, 1.807) is 4.90 Å². The van der Waals surface area contributed by atoms with Crippen LogP contribution in [0, 0.1) is 11.6 Å². The van der Waals surface area contributed by atoms with E-state index in [0.717, 1.165) is 37.8 Å². The number of halogens is 2. The average molecular weight is 282 g/mol. The fraction of sp³-hybridized carbons (Fsp3) is 0.533. The molecule has 1 aromatic rings. The van der Waals surface area contributed by atoms with Gasteiger partial charge in [0.1, 0.15) is 11.6 Å². The summed E-state index contributed by atoms with van der Waals surface area (Å²) in [5.41, 5.74) is 5.49. The molecule has 1 aliphatic carbocycles. The molecule has 0 spiro atoms. The van der Waals surface area contributed by atoms with Gasteiger partial charge in [0.2, 0.25) is 0 Å². The lowest BCUT2D eigenvalue weighted by Gasteiger charge is -2.34. The van der Waals surface area contributed by atoms with Crippen molar-refractivity contribution in [1.29, 1.82) is 0 Å². The van der Waals surface area contributed by atoms with Crippen molar-refractivity contribution in [2.24, 2.45) is 5.73 Å². The molecule has 0 aliphatic heterocycles. The Morgan fingerprint density at radius 1 is 1.25 bits per heavy atom. The number of nitrogens with zero attached hydrogens (tertiary/aromatic N) is 1. The molecule has 1 aliphatic rings. The molecule has 0 unspecified atom stereocenters. The molecule has 0 heterocycles. The molecule has 5 heteroatoms. The molecular formula is C15H20F2N2O. The largest absolute Gasteiger partial charge is 0.334 e. The number of benzene rings is 1. The van der Waals surface area contributed by atoms with E-state index >= 15 is 0 Å². The first kappa shape index (κ1) is 14.9. The second-order valence-corrected chi connectivity index (χ2v) is 5.20. The molecule has 0 atom stereocenters. The summed E-state index contributed by atoms with van der Waals surface area (Å²) in [6.45, 7) is 0.741. The number of rotatable bonds is 4. The van der Waals surface area contributed by atoms with Crippen molar-refractivity contribution in [3.05, 3.63) is 35.4 Å². The Bertz CT molecular complexity index is 473. The summed E-state index contributed by atoms with van der Waals surface area (Å²) in [6, 6.07) is 3.18. The minimum Gasteiger partial charge on any atom is -0.334 e. The predicted molar refractivity (Wildman–Crippen MR) is 73.3 cm³/mol. The molecule has 1 amide bonds. The average Bonchev–Trinajstić information content (AvgIpc) is 2.45. The van der Waals surface area contributed by atoms with Crippen LogP contribution in [0.3, 0.4) is 0 Å². The SMILES string of the molecule is NCCN(C(=O)c1ccc(F)cc1F)C1CCCCC1. The van der Waals surface area contributed by atoms with Crippen LogP contribution in [0.25, 0.3) is 0 Å². The number of amides is 1. The van der Waals surface area contributed by atoms with Gasteiger partial charge in [-0.05, 0) is 25.0 Å². The van der Waals surface area contributed by atoms with Crippen molar-refractivity contribution in [2.45, 2.75) is 38.1 Å². The molecule has 2 N–H and O–H groups in total. The van der Waals surface area contributed by atoms with Crippen LogP contribution in [0.4, 0.5) is 8.78 Å². The predicted octanol–water partition coefficient (Wildman–Crippen LogP) is 2.70. The Kier molecular flexibility index (Phi) is 5.06. The molecule has 3 nitrogen and oxygen atoms in total. The molecule has 2 rings (SSSR count). The summed E-state index contributed by atoms with van der Waals surface area (Å²) >= 11 is 0. The molecule has 0 aromatic heterocycles. The second-order valence-electron chi connectivity index (χ2n) is 5.20. The highest BCUT2D eigenvalue weighted by molar-refractivity contribution is 5.94. The Labute approximate surface area is 117 Å². The van der Waals surface area contributed by atoms with E-state index in [1.807, 2.05) is 0 Å². The van der Waals surface area contributed by atoms with Gasteiger partial charge < -0.3 is 10.6 Å². The third-order valence-electron chi connectivity index (χ3n) is 3.81. The molecule has 1 aromatic carbocycles. The van der Waals surface area contributed by atoms with E-state index in [4.69, 9.17) is 5.73 Å². The fourth-order valence-electron chi connectivity index (χ4n) is 2.80. The standard InChI is InChI=1S/C15H20F2N2O/c16-11-6-7-13(14(17)10-11)15(20)19(9-8-18)12-4-2-1-3-5-12/h6-7,10,12H,1-5,8-9,18H2. The van der Waals surface area contributed by atoms with E-state index in [0.29, 0.717) is 13.1 Å². The maximum Gasteiger partial charge on any atom is 0.257 e. The molecule has 0 radical (unpaired) electrons. The lowest BCUT2D eigenvalue weighted by Crippen LogP contribution is -2.44. The van der Waals surface area contributed by atoms with Crippen molar-refractivity contribution >= 4 is 5.91 Å². The summed E-state index contributed by atoms with van der Waals surface area (Å²) in [5.74, 6) is -1.88. The van der Waals surface area contributed by atoms with E-state index in [-0.39, 0.29) is 17.5 Å². The smallest absolute Gasteiger partial charge is 0.257 e. The summed E-state index contributed by atoms with van der Waals surface area (Å²) < 4.78 is 26.7. The van der Waals surface area contributed by atoms with E-state index in [9.17, 15) is 13.6 Å². The normalized spacial score (nSPS) is 16.1. The number of carbonyl (C=O) groups excluding carboxylic acids is 1. The third kappa shape index (κ3) is 3.33. The molecule has 0 saturated heterocycles. The quantitative estimate of drug-likeness (QED) is 0.923. The van der Waals surface area contributed by atoms with E-state index in [1.165, 1.54) is 12.5 Å². The van der Waals surface area contributed by atoms with E-state index in [2.05, 4.69) is 0 Å². The highest BCUT2D eigenvalue weighted by Gasteiger charge is 2.27. The first-order valence-electron chi connectivity index (χ1n) is 7.09. The summed E-state index contributed by atoms with van der Waals surface area (Å²) in [7, 11) is 0. The molecule has 1 saturated carbocycles. The Morgan fingerprint density at radius 2 is 1.95 bits per heavy atom. The second kappa shape index (κ2) is 6.79. The Balaban J connectivity index is 2.21. The zero-order chi connectivity index (χ0) is 14.5. The fourth-order valence-corrected chi connectivity index (χ4v) is 2.80. The van der Waals surface area contributed by atoms with Crippen molar-refractivity contribution in [3.63, 3.8) is 0 Å². The third-order valence-corrected chi connectivity index (χ3v) is 3.81.